The molecule has 0 aromatic heterocycles. The molecule has 172 valence electrons. The normalized spacial score (nSPS) is 20.6. The topological polar surface area (TPSA) is 34.0 Å². The number of quaternary nitrogens is 1. The van der Waals surface area contributed by atoms with Gasteiger partial charge in [0.25, 0.3) is 5.91 Å². The minimum Gasteiger partial charge on any atom is -0.383 e. The summed E-state index contributed by atoms with van der Waals surface area (Å²) in [5.74, 6) is 0.664. The molecule has 1 fully saturated rings. The zero-order valence-electron chi connectivity index (χ0n) is 19.6. The fourth-order valence-electron chi connectivity index (χ4n) is 5.86. The first-order chi connectivity index (χ1) is 16.2. The first-order valence-corrected chi connectivity index (χ1v) is 12.4. The third kappa shape index (κ3) is 4.97. The van der Waals surface area contributed by atoms with E-state index >= 15 is 0 Å². The number of fused-ring (bicyclic) bond motifs is 2. The zero-order chi connectivity index (χ0) is 22.6. The molecule has 0 radical (unpaired) electrons. The second kappa shape index (κ2) is 10.1. The summed E-state index contributed by atoms with van der Waals surface area (Å²) in [6.45, 7) is 4.45. The van der Waals surface area contributed by atoms with E-state index in [0.717, 1.165) is 24.0 Å². The van der Waals surface area contributed by atoms with Crippen LogP contribution in [0.1, 0.15) is 34.3 Å². The van der Waals surface area contributed by atoms with Crippen molar-refractivity contribution in [3.05, 3.63) is 83.4 Å². The summed E-state index contributed by atoms with van der Waals surface area (Å²) in [5, 5.41) is 2.28. The summed E-state index contributed by atoms with van der Waals surface area (Å²) in [6.07, 6.45) is 4.84. The number of carbonyl (C=O) groups is 1. The van der Waals surface area contributed by atoms with Gasteiger partial charge in [0, 0.05) is 44.5 Å². The molecule has 1 N–H and O–H groups in total. The van der Waals surface area contributed by atoms with Crippen LogP contribution in [0.15, 0.2) is 66.7 Å². The monoisotopic (exact) mass is 443 g/mol. The zero-order valence-corrected chi connectivity index (χ0v) is 19.6. The van der Waals surface area contributed by atoms with Crippen molar-refractivity contribution in [3.63, 3.8) is 0 Å². The Morgan fingerprint density at radius 2 is 1.73 bits per heavy atom. The van der Waals surface area contributed by atoms with Crippen molar-refractivity contribution < 1.29 is 14.4 Å². The summed E-state index contributed by atoms with van der Waals surface area (Å²) < 4.78 is 5.36. The molecular formula is C29H35N2O2+. The average molecular weight is 444 g/mol. The summed E-state index contributed by atoms with van der Waals surface area (Å²) in [4.78, 5) is 17.3. The number of methoxy groups -OCH3 is 1. The summed E-state index contributed by atoms with van der Waals surface area (Å²) in [6, 6.07) is 23.9. The van der Waals surface area contributed by atoms with Crippen LogP contribution < -0.4 is 4.90 Å². The van der Waals surface area contributed by atoms with Gasteiger partial charge in [-0.3, -0.25) is 4.79 Å². The van der Waals surface area contributed by atoms with Crippen LogP contribution in [0.4, 0.5) is 0 Å². The van der Waals surface area contributed by atoms with E-state index in [1.807, 2.05) is 29.2 Å². The van der Waals surface area contributed by atoms with Crippen LogP contribution in [0.2, 0.25) is 0 Å². The Bertz CT molecular complexity index is 1090. The predicted molar refractivity (Wildman–Crippen MR) is 133 cm³/mol. The van der Waals surface area contributed by atoms with Crippen molar-refractivity contribution >= 4 is 16.7 Å². The lowest BCUT2D eigenvalue weighted by atomic mass is 9.95. The minimum absolute atomic E-state index is 0.123. The molecule has 1 aliphatic carbocycles. The van der Waals surface area contributed by atoms with E-state index in [2.05, 4.69) is 42.5 Å². The number of piperidine rings is 1. The van der Waals surface area contributed by atoms with Gasteiger partial charge in [0.05, 0.1) is 25.7 Å². The fraction of sp³-hybridized carbons (Fsp3) is 0.414. The Morgan fingerprint density at radius 3 is 2.48 bits per heavy atom. The van der Waals surface area contributed by atoms with E-state index in [-0.39, 0.29) is 5.91 Å². The van der Waals surface area contributed by atoms with Gasteiger partial charge in [-0.1, -0.05) is 54.6 Å². The molecule has 1 saturated heterocycles. The molecule has 1 heterocycles. The predicted octanol–water partition coefficient (Wildman–Crippen LogP) is 3.39. The molecule has 0 saturated carbocycles. The van der Waals surface area contributed by atoms with Gasteiger partial charge in [-0.2, -0.15) is 0 Å². The number of amides is 1. The van der Waals surface area contributed by atoms with Gasteiger partial charge in [-0.25, -0.2) is 0 Å². The number of rotatable bonds is 7. The second-order valence-corrected chi connectivity index (χ2v) is 9.80. The first kappa shape index (κ1) is 22.1. The number of nitrogens with zero attached hydrogens (tertiary/aromatic N) is 1. The highest BCUT2D eigenvalue weighted by molar-refractivity contribution is 5.98. The van der Waals surface area contributed by atoms with Gasteiger partial charge in [-0.15, -0.1) is 0 Å². The van der Waals surface area contributed by atoms with Crippen molar-refractivity contribution in [2.75, 3.05) is 39.9 Å². The minimum atomic E-state index is 0.123. The van der Waals surface area contributed by atoms with Gasteiger partial charge < -0.3 is 14.5 Å². The molecule has 2 aliphatic rings. The van der Waals surface area contributed by atoms with Gasteiger partial charge in [0.1, 0.15) is 0 Å². The summed E-state index contributed by atoms with van der Waals surface area (Å²) >= 11 is 0. The lowest BCUT2D eigenvalue weighted by Crippen LogP contribution is -3.17. The maximum Gasteiger partial charge on any atom is 0.253 e. The van der Waals surface area contributed by atoms with Gasteiger partial charge in [0.2, 0.25) is 0 Å². The molecule has 4 nitrogen and oxygen atoms in total. The molecule has 1 amide bonds. The average Bonchev–Trinajstić information content (AvgIpc) is 3.30. The van der Waals surface area contributed by atoms with E-state index < -0.39 is 0 Å². The highest BCUT2D eigenvalue weighted by atomic mass is 16.5. The molecule has 2 atom stereocenters. The van der Waals surface area contributed by atoms with E-state index in [0.29, 0.717) is 25.1 Å². The van der Waals surface area contributed by atoms with Crippen LogP contribution in [0.5, 0.6) is 0 Å². The molecular weight excluding hydrogens is 408 g/mol. The largest absolute Gasteiger partial charge is 0.383 e. The van der Waals surface area contributed by atoms with Crippen LogP contribution in [0.25, 0.3) is 10.8 Å². The number of likely N-dealkylation sites (tertiary alicyclic amines) is 1. The van der Waals surface area contributed by atoms with Crippen molar-refractivity contribution in [1.82, 2.24) is 4.90 Å². The number of ether oxygens (including phenoxy) is 1. The number of hydrogen-bond donors (Lipinski definition) is 1. The van der Waals surface area contributed by atoms with Crippen molar-refractivity contribution in [2.45, 2.75) is 31.7 Å². The second-order valence-electron chi connectivity index (χ2n) is 9.80. The summed E-state index contributed by atoms with van der Waals surface area (Å²) in [5.41, 5.74) is 3.84. The molecule has 33 heavy (non-hydrogen) atoms. The summed E-state index contributed by atoms with van der Waals surface area (Å²) in [7, 11) is 1.71. The van der Waals surface area contributed by atoms with Crippen LogP contribution >= 0.6 is 0 Å². The molecule has 1 unspecified atom stereocenters. The van der Waals surface area contributed by atoms with Gasteiger partial charge >= 0.3 is 0 Å². The van der Waals surface area contributed by atoms with E-state index in [9.17, 15) is 4.79 Å². The third-order valence-corrected chi connectivity index (χ3v) is 7.62. The molecule has 4 heteroatoms. The number of benzene rings is 3. The molecule has 5 rings (SSSR count). The van der Waals surface area contributed by atoms with Crippen LogP contribution in [0.3, 0.4) is 0 Å². The Hall–Kier alpha value is -2.69. The maximum atomic E-state index is 13.5. The van der Waals surface area contributed by atoms with Gasteiger partial charge in [0.15, 0.2) is 0 Å². The van der Waals surface area contributed by atoms with Crippen LogP contribution in [0, 0.1) is 5.92 Å². The Balaban J connectivity index is 1.27. The Morgan fingerprint density at radius 1 is 1.00 bits per heavy atom. The third-order valence-electron chi connectivity index (χ3n) is 7.62. The Kier molecular flexibility index (Phi) is 6.75. The molecule has 3 aromatic carbocycles. The quantitative estimate of drug-likeness (QED) is 0.607. The smallest absolute Gasteiger partial charge is 0.253 e. The SMILES string of the molecule is COCCN(C[C@@H]1CCC[NH+](C2Cc3ccccc3C2)C1)C(=O)c1ccc2ccccc2c1. The van der Waals surface area contributed by atoms with E-state index in [1.165, 1.54) is 48.7 Å². The number of nitrogens with one attached hydrogen (secondary N) is 1. The highest BCUT2D eigenvalue weighted by Gasteiger charge is 2.34. The molecule has 0 spiro atoms. The van der Waals surface area contributed by atoms with Crippen molar-refractivity contribution in [2.24, 2.45) is 5.92 Å². The van der Waals surface area contributed by atoms with E-state index in [4.69, 9.17) is 4.74 Å². The Labute approximate surface area is 197 Å². The lowest BCUT2D eigenvalue weighted by molar-refractivity contribution is -0.932. The van der Waals surface area contributed by atoms with Crippen molar-refractivity contribution in [3.8, 4) is 0 Å². The molecule has 1 aliphatic heterocycles. The van der Waals surface area contributed by atoms with Crippen molar-refractivity contribution in [1.29, 1.82) is 0 Å². The van der Waals surface area contributed by atoms with Crippen LogP contribution in [-0.4, -0.2) is 56.7 Å². The lowest BCUT2D eigenvalue weighted by Gasteiger charge is -2.36. The first-order valence-electron chi connectivity index (χ1n) is 12.4. The van der Waals surface area contributed by atoms with Gasteiger partial charge in [-0.05, 0) is 46.9 Å². The fourth-order valence-corrected chi connectivity index (χ4v) is 5.86. The molecule has 0 bridgehead atoms. The molecule has 3 aromatic rings. The number of hydrogen-bond acceptors (Lipinski definition) is 2. The maximum absolute atomic E-state index is 13.5. The highest BCUT2D eigenvalue weighted by Crippen LogP contribution is 2.22. The standard InChI is InChI=1S/C29H34N2O2/c1-33-16-15-31(29(32)27-13-12-23-8-2-3-9-24(23)17-27)21-22-7-6-14-30(20-22)28-18-25-10-4-5-11-26(25)19-28/h2-5,8-13,17,22,28H,6-7,14-16,18-21H2,1H3/p+1/t22-/m1/s1. The van der Waals surface area contributed by atoms with E-state index in [1.54, 1.807) is 12.0 Å². The van der Waals surface area contributed by atoms with Crippen LogP contribution in [-0.2, 0) is 17.6 Å². The number of carbonyl (C=O) groups excluding carboxylic acids is 1.